The molecule has 1 N–H and O–H groups in total. The summed E-state index contributed by atoms with van der Waals surface area (Å²) < 4.78 is 43.5. The minimum absolute atomic E-state index is 0.0682. The molecular weight excluding hydrogens is 471 g/mol. The van der Waals surface area contributed by atoms with E-state index in [2.05, 4.69) is 44.2 Å². The molecule has 9 nitrogen and oxygen atoms in total. The summed E-state index contributed by atoms with van der Waals surface area (Å²) in [5, 5.41) is 7.11. The van der Waals surface area contributed by atoms with Crippen LogP contribution in [0.2, 0.25) is 0 Å². The van der Waals surface area contributed by atoms with E-state index in [0.717, 1.165) is 62.0 Å². The Kier molecular flexibility index (Phi) is 6.20. The molecule has 4 heterocycles. The number of nitrogens with zero attached hydrogens (tertiary/aromatic N) is 5. The molecule has 3 atom stereocenters. The van der Waals surface area contributed by atoms with Crippen LogP contribution >= 0.6 is 0 Å². The molecule has 2 aromatic heterocycles. The Balaban J connectivity index is 1.35. The van der Waals surface area contributed by atoms with Gasteiger partial charge in [0, 0.05) is 36.2 Å². The van der Waals surface area contributed by atoms with Gasteiger partial charge in [-0.1, -0.05) is 19.0 Å². The van der Waals surface area contributed by atoms with Crippen LogP contribution in [0.3, 0.4) is 0 Å². The van der Waals surface area contributed by atoms with E-state index >= 15 is 0 Å². The number of benzene rings is 1. The number of nitrogens with one attached hydrogen (secondary N) is 1. The summed E-state index contributed by atoms with van der Waals surface area (Å²) in [6.45, 7) is 4.11. The van der Waals surface area contributed by atoms with Crippen LogP contribution in [0.15, 0.2) is 40.0 Å². The molecule has 0 saturated carbocycles. The number of aromatic nitrogens is 4. The third-order valence-corrected chi connectivity index (χ3v) is 8.01. The lowest BCUT2D eigenvalue weighted by Gasteiger charge is -2.29. The van der Waals surface area contributed by atoms with E-state index in [0.29, 0.717) is 11.9 Å². The van der Waals surface area contributed by atoms with Crippen molar-refractivity contribution in [3.8, 4) is 0 Å². The molecule has 1 aromatic carbocycles. The third kappa shape index (κ3) is 4.86. The lowest BCUT2D eigenvalue weighted by molar-refractivity contribution is 0.326. The van der Waals surface area contributed by atoms with Gasteiger partial charge in [-0.05, 0) is 50.3 Å². The van der Waals surface area contributed by atoms with Gasteiger partial charge in [0.2, 0.25) is 5.89 Å². The molecule has 0 spiro atoms. The van der Waals surface area contributed by atoms with Crippen LogP contribution in [-0.4, -0.2) is 46.9 Å². The summed E-state index contributed by atoms with van der Waals surface area (Å²) in [5.41, 5.74) is 0.151. The summed E-state index contributed by atoms with van der Waals surface area (Å²) in [5.74, 6) is 2.48. The van der Waals surface area contributed by atoms with Crippen LogP contribution in [0, 0.1) is 5.82 Å². The fourth-order valence-electron chi connectivity index (χ4n) is 5.08. The number of fused-ring (bicyclic) bond motifs is 2. The monoisotopic (exact) mass is 500 g/mol. The minimum Gasteiger partial charge on any atom is -0.350 e. The number of sulfone groups is 1. The van der Waals surface area contributed by atoms with Crippen LogP contribution in [0.1, 0.15) is 69.5 Å². The smallest absolute Gasteiger partial charge is 0.229 e. The first-order valence-electron chi connectivity index (χ1n) is 11.9. The van der Waals surface area contributed by atoms with Gasteiger partial charge in [-0.15, -0.1) is 0 Å². The van der Waals surface area contributed by atoms with Crippen molar-refractivity contribution in [1.82, 2.24) is 20.1 Å². The van der Waals surface area contributed by atoms with Crippen LogP contribution in [0.5, 0.6) is 0 Å². The molecule has 2 bridgehead atoms. The predicted octanol–water partition coefficient (Wildman–Crippen LogP) is 4.57. The normalized spacial score (nSPS) is 22.4. The van der Waals surface area contributed by atoms with Crippen LogP contribution in [0.4, 0.5) is 21.7 Å². The van der Waals surface area contributed by atoms with E-state index in [1.165, 1.54) is 18.5 Å². The largest absolute Gasteiger partial charge is 0.350 e. The quantitative estimate of drug-likeness (QED) is 0.519. The second-order valence-electron chi connectivity index (χ2n) is 9.75. The third-order valence-electron chi connectivity index (χ3n) is 6.90. The maximum atomic E-state index is 14.6. The van der Waals surface area contributed by atoms with Gasteiger partial charge in [-0.3, -0.25) is 0 Å². The van der Waals surface area contributed by atoms with Gasteiger partial charge in [-0.25, -0.2) is 22.8 Å². The Morgan fingerprint density at radius 3 is 2.60 bits per heavy atom. The molecule has 2 fully saturated rings. The average molecular weight is 501 g/mol. The fourth-order valence-corrected chi connectivity index (χ4v) is 5.72. The first-order chi connectivity index (χ1) is 16.7. The van der Waals surface area contributed by atoms with Crippen molar-refractivity contribution in [3.05, 3.63) is 48.1 Å². The lowest BCUT2D eigenvalue weighted by Crippen LogP contribution is -2.35. The fraction of sp³-hybridized carbons (Fsp3) is 0.500. The maximum Gasteiger partial charge on any atom is 0.229 e. The standard InChI is InChI=1S/C24H29FN6O3S/c1-14(2)23-29-24(34-30-23)15-4-5-16-6-7-17(10-15)31(16)22-12-21(26-13-27-22)28-20-9-8-18(11-19(20)25)35(3,32)33/h8-9,11-17H,4-7,10H2,1-3H3,(H,26,27,28). The zero-order valence-corrected chi connectivity index (χ0v) is 20.8. The van der Waals surface area contributed by atoms with Crippen molar-refractivity contribution < 1.29 is 17.3 Å². The van der Waals surface area contributed by atoms with Crippen molar-refractivity contribution in [3.63, 3.8) is 0 Å². The van der Waals surface area contributed by atoms with Crippen LogP contribution < -0.4 is 10.2 Å². The number of anilines is 3. The van der Waals surface area contributed by atoms with Crippen molar-refractivity contribution in [2.45, 2.75) is 74.8 Å². The Bertz CT molecular complexity index is 1330. The Morgan fingerprint density at radius 2 is 1.89 bits per heavy atom. The van der Waals surface area contributed by atoms with E-state index < -0.39 is 15.7 Å². The highest BCUT2D eigenvalue weighted by Gasteiger charge is 2.40. The molecular formula is C24H29FN6O3S. The van der Waals surface area contributed by atoms with E-state index in [-0.39, 0.29) is 28.5 Å². The van der Waals surface area contributed by atoms with E-state index in [1.54, 1.807) is 0 Å². The zero-order chi connectivity index (χ0) is 24.7. The molecule has 0 radical (unpaired) electrons. The SMILES string of the molecule is CC(C)c1noc(C2CCC3CCC(C2)N3c2cc(Nc3ccc(S(C)(=O)=O)cc3F)ncn2)n1. The van der Waals surface area contributed by atoms with Gasteiger partial charge in [0.1, 0.15) is 23.8 Å². The van der Waals surface area contributed by atoms with Gasteiger partial charge in [-0.2, -0.15) is 4.98 Å². The van der Waals surface area contributed by atoms with Gasteiger partial charge < -0.3 is 14.7 Å². The first kappa shape index (κ1) is 23.7. The van der Waals surface area contributed by atoms with Crippen molar-refractivity contribution in [2.24, 2.45) is 0 Å². The molecule has 0 aliphatic carbocycles. The number of hydrogen-bond donors (Lipinski definition) is 1. The molecule has 0 amide bonds. The Hall–Kier alpha value is -3.08. The Morgan fingerprint density at radius 1 is 1.11 bits per heavy atom. The topological polar surface area (TPSA) is 114 Å². The van der Waals surface area contributed by atoms with Crippen LogP contribution in [-0.2, 0) is 9.84 Å². The van der Waals surface area contributed by atoms with Crippen LogP contribution in [0.25, 0.3) is 0 Å². The van der Waals surface area contributed by atoms with E-state index in [9.17, 15) is 12.8 Å². The zero-order valence-electron chi connectivity index (χ0n) is 20.0. The molecule has 11 heteroatoms. The van der Waals surface area contributed by atoms with Gasteiger partial charge in [0.15, 0.2) is 15.7 Å². The molecule has 5 rings (SSSR count). The Labute approximate surface area is 204 Å². The molecule has 35 heavy (non-hydrogen) atoms. The highest BCUT2D eigenvalue weighted by molar-refractivity contribution is 7.90. The molecule has 3 aromatic rings. The van der Waals surface area contributed by atoms with E-state index in [1.807, 2.05) is 6.07 Å². The molecule has 2 saturated heterocycles. The summed E-state index contributed by atoms with van der Waals surface area (Å²) in [6.07, 6.45) is 7.54. The molecule has 2 aliphatic heterocycles. The summed E-state index contributed by atoms with van der Waals surface area (Å²) >= 11 is 0. The average Bonchev–Trinajstić information content (AvgIpc) is 3.39. The van der Waals surface area contributed by atoms with Gasteiger partial charge in [0.05, 0.1) is 10.6 Å². The summed E-state index contributed by atoms with van der Waals surface area (Å²) in [6, 6.07) is 6.25. The van der Waals surface area contributed by atoms with Crippen molar-refractivity contribution in [2.75, 3.05) is 16.5 Å². The maximum absolute atomic E-state index is 14.6. The van der Waals surface area contributed by atoms with Crippen molar-refractivity contribution in [1.29, 1.82) is 0 Å². The van der Waals surface area contributed by atoms with E-state index in [4.69, 9.17) is 4.52 Å². The highest BCUT2D eigenvalue weighted by Crippen LogP contribution is 2.42. The molecule has 186 valence electrons. The predicted molar refractivity (Wildman–Crippen MR) is 129 cm³/mol. The number of rotatable bonds is 6. The van der Waals surface area contributed by atoms with Crippen molar-refractivity contribution >= 4 is 27.2 Å². The van der Waals surface area contributed by atoms with Gasteiger partial charge >= 0.3 is 0 Å². The highest BCUT2D eigenvalue weighted by atomic mass is 32.2. The summed E-state index contributed by atoms with van der Waals surface area (Å²) in [4.78, 5) is 15.7. The van der Waals surface area contributed by atoms with Gasteiger partial charge in [0.25, 0.3) is 0 Å². The second-order valence-corrected chi connectivity index (χ2v) is 11.8. The first-order valence-corrected chi connectivity index (χ1v) is 13.8. The number of hydrogen-bond acceptors (Lipinski definition) is 9. The molecule has 3 unspecified atom stereocenters. The minimum atomic E-state index is -3.49. The second kappa shape index (κ2) is 9.18. The number of halogens is 1. The lowest BCUT2D eigenvalue weighted by atomic mass is 9.91. The molecule has 2 aliphatic rings. The summed E-state index contributed by atoms with van der Waals surface area (Å²) in [7, 11) is -3.49.